The third-order valence-corrected chi connectivity index (χ3v) is 4.11. The van der Waals surface area contributed by atoms with Crippen LogP contribution >= 0.6 is 0 Å². The van der Waals surface area contributed by atoms with E-state index >= 15 is 0 Å². The average molecular weight is 369 g/mol. The molecule has 0 bridgehead atoms. The lowest BCUT2D eigenvalue weighted by Gasteiger charge is -2.07. The number of aromatic nitrogens is 1. The molecule has 0 unspecified atom stereocenters. The quantitative estimate of drug-likeness (QED) is 0.385. The Balaban J connectivity index is 2.22. The molecule has 1 aromatic heterocycles. The topological polar surface area (TPSA) is 94.4 Å². The first-order valence-corrected chi connectivity index (χ1v) is 11.3. The molecule has 0 fully saturated rings. The first-order chi connectivity index (χ1) is 12.2. The Kier molecular flexibility index (Phi) is 5.74. The number of carbonyl (C=O) groups is 1. The first-order valence-electron chi connectivity index (χ1n) is 7.82. The van der Waals surface area contributed by atoms with Crippen molar-refractivity contribution in [3.63, 3.8) is 0 Å². The molecule has 1 heterocycles. The van der Waals surface area contributed by atoms with Gasteiger partial charge in [0.25, 0.3) is 11.6 Å². The molecule has 0 aliphatic heterocycles. The van der Waals surface area contributed by atoms with Gasteiger partial charge in [-0.1, -0.05) is 25.6 Å². The minimum atomic E-state index is -1.48. The Bertz CT molecular complexity index is 893. The van der Waals surface area contributed by atoms with Crippen molar-refractivity contribution in [3.05, 3.63) is 57.8 Å². The molecule has 8 heteroatoms. The van der Waals surface area contributed by atoms with Crippen molar-refractivity contribution in [3.8, 4) is 17.2 Å². The number of hydrogen-bond donors (Lipinski definition) is 1. The lowest BCUT2D eigenvalue weighted by molar-refractivity contribution is -0.385. The normalized spacial score (nSPS) is 10.5. The molecule has 2 aromatic rings. The van der Waals surface area contributed by atoms with Gasteiger partial charge in [0.05, 0.1) is 12.0 Å². The summed E-state index contributed by atoms with van der Waals surface area (Å²) < 4.78 is 5.03. The molecule has 1 amide bonds. The summed E-state index contributed by atoms with van der Waals surface area (Å²) in [6.07, 6.45) is 1.56. The predicted octanol–water partition coefficient (Wildman–Crippen LogP) is 3.48. The summed E-state index contributed by atoms with van der Waals surface area (Å²) in [6, 6.07) is 7.34. The second kappa shape index (κ2) is 7.80. The molecular formula is C18H19N3O4Si. The van der Waals surface area contributed by atoms with Crippen LogP contribution in [0.2, 0.25) is 19.6 Å². The molecule has 0 aliphatic carbocycles. The number of nitrogens with one attached hydrogen (secondary N) is 1. The van der Waals surface area contributed by atoms with Crippen LogP contribution in [0.25, 0.3) is 0 Å². The Labute approximate surface area is 152 Å². The number of anilines is 1. The number of nitro benzene ring substituents is 1. The van der Waals surface area contributed by atoms with Crippen molar-refractivity contribution in [2.24, 2.45) is 0 Å². The molecule has 2 rings (SSSR count). The molecule has 1 aromatic carbocycles. The first kappa shape index (κ1) is 19.1. The zero-order valence-corrected chi connectivity index (χ0v) is 16.0. The summed E-state index contributed by atoms with van der Waals surface area (Å²) in [6.45, 7) is 6.43. The largest absolute Gasteiger partial charge is 0.497 e. The van der Waals surface area contributed by atoms with Crippen LogP contribution in [0.5, 0.6) is 5.75 Å². The number of ether oxygens (including phenoxy) is 1. The van der Waals surface area contributed by atoms with E-state index in [1.807, 2.05) is 0 Å². The number of amides is 1. The van der Waals surface area contributed by atoms with Crippen molar-refractivity contribution in [1.82, 2.24) is 4.98 Å². The summed E-state index contributed by atoms with van der Waals surface area (Å²) in [5.41, 5.74) is 3.57. The van der Waals surface area contributed by atoms with E-state index in [9.17, 15) is 14.9 Å². The molecule has 1 N–H and O–H groups in total. The summed E-state index contributed by atoms with van der Waals surface area (Å²) in [7, 11) is -0.0632. The Morgan fingerprint density at radius 3 is 2.54 bits per heavy atom. The van der Waals surface area contributed by atoms with Crippen molar-refractivity contribution in [1.29, 1.82) is 0 Å². The maximum absolute atomic E-state index is 12.4. The molecule has 0 saturated heterocycles. The van der Waals surface area contributed by atoms with E-state index in [0.29, 0.717) is 5.75 Å². The van der Waals surface area contributed by atoms with Crippen LogP contribution in [0, 0.1) is 21.6 Å². The number of methoxy groups -OCH3 is 1. The molecule has 0 spiro atoms. The van der Waals surface area contributed by atoms with Crippen LogP contribution in [0.1, 0.15) is 15.9 Å². The van der Waals surface area contributed by atoms with Gasteiger partial charge in [-0.3, -0.25) is 14.9 Å². The standard InChI is InChI=1S/C18H19N3O4Si/c1-25-14-6-7-16(21(23)24)15(11-14)18(22)20-17-8-5-13(12-19-17)9-10-26(2,3)4/h5-8,11-12H,1-4H3,(H,19,20,22). The highest BCUT2D eigenvalue weighted by Gasteiger charge is 2.21. The molecule has 0 saturated carbocycles. The van der Waals surface area contributed by atoms with E-state index in [4.69, 9.17) is 4.74 Å². The lowest BCUT2D eigenvalue weighted by Crippen LogP contribution is -2.16. The minimum Gasteiger partial charge on any atom is -0.497 e. The van der Waals surface area contributed by atoms with E-state index in [0.717, 1.165) is 5.56 Å². The van der Waals surface area contributed by atoms with Crippen molar-refractivity contribution in [2.45, 2.75) is 19.6 Å². The van der Waals surface area contributed by atoms with Gasteiger partial charge in [0.2, 0.25) is 0 Å². The molecule has 0 atom stereocenters. The van der Waals surface area contributed by atoms with E-state index in [1.165, 1.54) is 25.3 Å². The van der Waals surface area contributed by atoms with Crippen molar-refractivity contribution < 1.29 is 14.5 Å². The smallest absolute Gasteiger partial charge is 0.282 e. The van der Waals surface area contributed by atoms with Gasteiger partial charge >= 0.3 is 0 Å². The zero-order chi connectivity index (χ0) is 19.3. The highest BCUT2D eigenvalue weighted by atomic mass is 28.3. The summed E-state index contributed by atoms with van der Waals surface area (Å²) >= 11 is 0. The van der Waals surface area contributed by atoms with Crippen LogP contribution in [0.4, 0.5) is 11.5 Å². The van der Waals surface area contributed by atoms with Gasteiger partial charge in [-0.15, -0.1) is 5.54 Å². The number of pyridine rings is 1. The van der Waals surface area contributed by atoms with Gasteiger partial charge in [-0.25, -0.2) is 4.98 Å². The summed E-state index contributed by atoms with van der Waals surface area (Å²) in [5.74, 6) is 3.07. The predicted molar refractivity (Wildman–Crippen MR) is 102 cm³/mol. The maximum atomic E-state index is 12.4. The Morgan fingerprint density at radius 2 is 2.00 bits per heavy atom. The van der Waals surface area contributed by atoms with Gasteiger partial charge in [0, 0.05) is 17.8 Å². The van der Waals surface area contributed by atoms with Crippen molar-refractivity contribution in [2.75, 3.05) is 12.4 Å². The van der Waals surface area contributed by atoms with Gasteiger partial charge in [0.1, 0.15) is 25.2 Å². The fourth-order valence-corrected chi connectivity index (χ4v) is 2.49. The van der Waals surface area contributed by atoms with Gasteiger partial charge in [-0.05, 0) is 24.3 Å². The minimum absolute atomic E-state index is 0.0984. The number of benzene rings is 1. The third kappa shape index (κ3) is 5.16. The van der Waals surface area contributed by atoms with E-state index in [2.05, 4.69) is 41.4 Å². The van der Waals surface area contributed by atoms with Crippen LogP contribution in [0.3, 0.4) is 0 Å². The Morgan fingerprint density at radius 1 is 1.27 bits per heavy atom. The lowest BCUT2D eigenvalue weighted by atomic mass is 10.1. The molecule has 0 radical (unpaired) electrons. The third-order valence-electron chi connectivity index (χ3n) is 3.23. The molecule has 26 heavy (non-hydrogen) atoms. The second-order valence-electron chi connectivity index (χ2n) is 6.53. The molecule has 0 aliphatic rings. The van der Waals surface area contributed by atoms with Gasteiger partial charge in [0.15, 0.2) is 0 Å². The van der Waals surface area contributed by atoms with Crippen LogP contribution in [-0.2, 0) is 0 Å². The van der Waals surface area contributed by atoms with Gasteiger partial charge < -0.3 is 10.1 Å². The highest BCUT2D eigenvalue weighted by molar-refractivity contribution is 6.83. The fourth-order valence-electron chi connectivity index (χ4n) is 1.97. The van der Waals surface area contributed by atoms with Crippen LogP contribution < -0.4 is 10.1 Å². The SMILES string of the molecule is COc1ccc([N+](=O)[O-])c(C(=O)Nc2ccc(C#C[Si](C)(C)C)cn2)c1. The number of carbonyl (C=O) groups excluding carboxylic acids is 1. The van der Waals surface area contributed by atoms with Crippen LogP contribution in [0.15, 0.2) is 36.5 Å². The number of rotatable bonds is 4. The molecule has 7 nitrogen and oxygen atoms in total. The number of nitrogens with zero attached hydrogens (tertiary/aromatic N) is 2. The van der Waals surface area contributed by atoms with Crippen LogP contribution in [-0.4, -0.2) is 31.0 Å². The van der Waals surface area contributed by atoms with Gasteiger partial charge in [-0.2, -0.15) is 0 Å². The number of nitro groups is 1. The number of hydrogen-bond acceptors (Lipinski definition) is 5. The Hall–Kier alpha value is -3.18. The average Bonchev–Trinajstić information content (AvgIpc) is 2.59. The molecule has 134 valence electrons. The monoisotopic (exact) mass is 369 g/mol. The second-order valence-corrected chi connectivity index (χ2v) is 11.3. The highest BCUT2D eigenvalue weighted by Crippen LogP contribution is 2.24. The fraction of sp³-hybridized carbons (Fsp3) is 0.222. The summed E-state index contributed by atoms with van der Waals surface area (Å²) in [5, 5.41) is 13.7. The van der Waals surface area contributed by atoms with E-state index in [-0.39, 0.29) is 17.1 Å². The maximum Gasteiger partial charge on any atom is 0.282 e. The van der Waals surface area contributed by atoms with E-state index in [1.54, 1.807) is 18.3 Å². The summed E-state index contributed by atoms with van der Waals surface area (Å²) in [4.78, 5) is 27.1. The van der Waals surface area contributed by atoms with E-state index < -0.39 is 18.9 Å². The van der Waals surface area contributed by atoms with Crippen molar-refractivity contribution >= 4 is 25.5 Å². The zero-order valence-electron chi connectivity index (χ0n) is 15.0. The molecular weight excluding hydrogens is 350 g/mol.